The number of phenols is 1. The quantitative estimate of drug-likeness (QED) is 0.743. The van der Waals surface area contributed by atoms with E-state index in [1.165, 1.54) is 11.1 Å². The normalized spacial score (nSPS) is 31.8. The molecule has 0 radical (unpaired) electrons. The maximum absolute atomic E-state index is 11.7. The Bertz CT molecular complexity index is 478. The van der Waals surface area contributed by atoms with Crippen LogP contribution in [0.25, 0.3) is 0 Å². The minimum atomic E-state index is 0.290. The lowest BCUT2D eigenvalue weighted by molar-refractivity contribution is -0.123. The average molecular weight is 230 g/mol. The number of aromatic hydroxyl groups is 1. The zero-order valence-electron chi connectivity index (χ0n) is 10.2. The molecule has 2 nitrogen and oxygen atoms in total. The number of rotatable bonds is 0. The summed E-state index contributed by atoms with van der Waals surface area (Å²) in [6.07, 6.45) is 4.64. The Hall–Kier alpha value is -1.31. The maximum atomic E-state index is 11.7. The Balaban J connectivity index is 2.06. The van der Waals surface area contributed by atoms with Crippen molar-refractivity contribution in [1.29, 1.82) is 0 Å². The predicted molar refractivity (Wildman–Crippen MR) is 66.1 cm³/mol. The SMILES string of the molecule is C[C@]12CCC(=O)C[C@@H]1c1ccc(O)cc1CC2. The van der Waals surface area contributed by atoms with Crippen LogP contribution in [0.15, 0.2) is 18.2 Å². The number of benzene rings is 1. The first-order valence-electron chi connectivity index (χ1n) is 6.42. The monoisotopic (exact) mass is 230 g/mol. The van der Waals surface area contributed by atoms with Gasteiger partial charge in [0.2, 0.25) is 0 Å². The molecule has 2 aliphatic rings. The summed E-state index contributed by atoms with van der Waals surface area (Å²) in [6, 6.07) is 5.64. The van der Waals surface area contributed by atoms with Gasteiger partial charge in [-0.25, -0.2) is 0 Å². The van der Waals surface area contributed by atoms with E-state index in [0.29, 0.717) is 23.9 Å². The number of hydrogen-bond acceptors (Lipinski definition) is 2. The van der Waals surface area contributed by atoms with Crippen molar-refractivity contribution in [2.45, 2.75) is 44.9 Å². The third kappa shape index (κ3) is 1.67. The van der Waals surface area contributed by atoms with Gasteiger partial charge in [0.1, 0.15) is 11.5 Å². The number of fused-ring (bicyclic) bond motifs is 3. The standard InChI is InChI=1S/C15H18O2/c1-15-6-4-10-8-11(16)2-3-13(10)14(15)9-12(17)5-7-15/h2-3,8,14,16H,4-7,9H2,1H3/t14-,15+/m1/s1. The van der Waals surface area contributed by atoms with E-state index in [0.717, 1.165) is 25.7 Å². The summed E-state index contributed by atoms with van der Waals surface area (Å²) in [5, 5.41) is 9.53. The Morgan fingerprint density at radius 1 is 1.29 bits per heavy atom. The van der Waals surface area contributed by atoms with Crippen LogP contribution in [0.4, 0.5) is 0 Å². The summed E-state index contributed by atoms with van der Waals surface area (Å²) in [6.45, 7) is 2.32. The lowest BCUT2D eigenvalue weighted by atomic mass is 9.58. The van der Waals surface area contributed by atoms with Gasteiger partial charge in [-0.05, 0) is 53.9 Å². The van der Waals surface area contributed by atoms with Gasteiger partial charge in [-0.3, -0.25) is 4.79 Å². The van der Waals surface area contributed by atoms with Gasteiger partial charge < -0.3 is 5.11 Å². The van der Waals surface area contributed by atoms with E-state index < -0.39 is 0 Å². The molecule has 3 rings (SSSR count). The van der Waals surface area contributed by atoms with Crippen molar-refractivity contribution in [3.05, 3.63) is 29.3 Å². The molecule has 0 unspecified atom stereocenters. The highest BCUT2D eigenvalue weighted by Crippen LogP contribution is 2.53. The van der Waals surface area contributed by atoms with Crippen molar-refractivity contribution >= 4 is 5.78 Å². The molecule has 0 spiro atoms. The van der Waals surface area contributed by atoms with E-state index in [1.807, 2.05) is 12.1 Å². The minimum Gasteiger partial charge on any atom is -0.508 e. The molecule has 1 saturated carbocycles. The summed E-state index contributed by atoms with van der Waals surface area (Å²) in [7, 11) is 0. The van der Waals surface area contributed by atoms with E-state index in [9.17, 15) is 9.90 Å². The molecule has 2 heteroatoms. The second-order valence-electron chi connectivity index (χ2n) is 5.83. The summed E-state index contributed by atoms with van der Waals surface area (Å²) in [5.41, 5.74) is 2.82. The number of aryl methyl sites for hydroxylation is 1. The molecule has 0 amide bonds. The maximum Gasteiger partial charge on any atom is 0.133 e. The Kier molecular flexibility index (Phi) is 2.29. The first kappa shape index (κ1) is 10.8. The summed E-state index contributed by atoms with van der Waals surface area (Å²) >= 11 is 0. The Morgan fingerprint density at radius 3 is 2.88 bits per heavy atom. The molecule has 1 fully saturated rings. The Labute approximate surface area is 102 Å². The number of hydrogen-bond donors (Lipinski definition) is 1. The molecular weight excluding hydrogens is 212 g/mol. The van der Waals surface area contributed by atoms with Gasteiger partial charge >= 0.3 is 0 Å². The molecule has 0 aromatic heterocycles. The third-order valence-corrected chi connectivity index (χ3v) is 4.72. The lowest BCUT2D eigenvalue weighted by Gasteiger charge is -2.45. The molecule has 1 aromatic rings. The zero-order chi connectivity index (χ0) is 12.0. The summed E-state index contributed by atoms with van der Waals surface area (Å²) in [4.78, 5) is 11.7. The van der Waals surface area contributed by atoms with Crippen LogP contribution >= 0.6 is 0 Å². The van der Waals surface area contributed by atoms with Gasteiger partial charge in [0.25, 0.3) is 0 Å². The van der Waals surface area contributed by atoms with Crippen molar-refractivity contribution in [2.75, 3.05) is 0 Å². The number of phenolic OH excluding ortho intramolecular Hbond substituents is 1. The summed E-state index contributed by atoms with van der Waals surface area (Å²) < 4.78 is 0. The fourth-order valence-electron chi connectivity index (χ4n) is 3.53. The van der Waals surface area contributed by atoms with Crippen LogP contribution in [0.3, 0.4) is 0 Å². The van der Waals surface area contributed by atoms with Gasteiger partial charge in [-0.15, -0.1) is 0 Å². The van der Waals surface area contributed by atoms with Crippen LogP contribution in [0.2, 0.25) is 0 Å². The number of ketones is 1. The van der Waals surface area contributed by atoms with Crippen LogP contribution in [-0.2, 0) is 11.2 Å². The van der Waals surface area contributed by atoms with Crippen molar-refractivity contribution in [1.82, 2.24) is 0 Å². The lowest BCUT2D eigenvalue weighted by Crippen LogP contribution is -2.36. The first-order chi connectivity index (χ1) is 8.08. The van der Waals surface area contributed by atoms with E-state index in [2.05, 4.69) is 6.92 Å². The molecule has 1 aromatic carbocycles. The van der Waals surface area contributed by atoms with Crippen LogP contribution in [0, 0.1) is 5.41 Å². The molecule has 0 aliphatic heterocycles. The van der Waals surface area contributed by atoms with Crippen molar-refractivity contribution in [3.63, 3.8) is 0 Å². The molecular formula is C15H18O2. The van der Waals surface area contributed by atoms with Crippen molar-refractivity contribution in [2.24, 2.45) is 5.41 Å². The fraction of sp³-hybridized carbons (Fsp3) is 0.533. The highest BCUT2D eigenvalue weighted by atomic mass is 16.3. The molecule has 0 bridgehead atoms. The van der Waals surface area contributed by atoms with Gasteiger partial charge in [-0.2, -0.15) is 0 Å². The second kappa shape index (κ2) is 3.59. The highest BCUT2D eigenvalue weighted by molar-refractivity contribution is 5.80. The van der Waals surface area contributed by atoms with Gasteiger partial charge in [0.15, 0.2) is 0 Å². The van der Waals surface area contributed by atoms with Crippen LogP contribution in [-0.4, -0.2) is 10.9 Å². The molecule has 2 aliphatic carbocycles. The molecule has 2 atom stereocenters. The van der Waals surface area contributed by atoms with E-state index in [-0.39, 0.29) is 5.41 Å². The molecule has 1 N–H and O–H groups in total. The smallest absolute Gasteiger partial charge is 0.133 e. The molecule has 90 valence electrons. The van der Waals surface area contributed by atoms with Crippen molar-refractivity contribution < 1.29 is 9.90 Å². The highest BCUT2D eigenvalue weighted by Gasteiger charge is 2.43. The zero-order valence-corrected chi connectivity index (χ0v) is 10.2. The third-order valence-electron chi connectivity index (χ3n) is 4.72. The fourth-order valence-corrected chi connectivity index (χ4v) is 3.53. The average Bonchev–Trinajstić information content (AvgIpc) is 2.30. The topological polar surface area (TPSA) is 37.3 Å². The predicted octanol–water partition coefficient (Wildman–Crippen LogP) is 3.18. The molecule has 0 saturated heterocycles. The molecule has 0 heterocycles. The number of carbonyl (C=O) groups is 1. The number of Topliss-reactive ketones (excluding diaryl/α,β-unsaturated/α-hetero) is 1. The van der Waals surface area contributed by atoms with Gasteiger partial charge in [0.05, 0.1) is 0 Å². The summed E-state index contributed by atoms with van der Waals surface area (Å²) in [5.74, 6) is 1.11. The Morgan fingerprint density at radius 2 is 2.06 bits per heavy atom. The minimum absolute atomic E-state index is 0.290. The van der Waals surface area contributed by atoms with Gasteiger partial charge in [-0.1, -0.05) is 13.0 Å². The van der Waals surface area contributed by atoms with E-state index in [4.69, 9.17) is 0 Å². The number of carbonyl (C=O) groups excluding carboxylic acids is 1. The second-order valence-corrected chi connectivity index (χ2v) is 5.83. The van der Waals surface area contributed by atoms with Crippen LogP contribution in [0.1, 0.15) is 49.7 Å². The first-order valence-corrected chi connectivity index (χ1v) is 6.42. The van der Waals surface area contributed by atoms with E-state index >= 15 is 0 Å². The van der Waals surface area contributed by atoms with Crippen molar-refractivity contribution in [3.8, 4) is 5.75 Å². The van der Waals surface area contributed by atoms with Crippen LogP contribution in [0.5, 0.6) is 5.75 Å². The largest absolute Gasteiger partial charge is 0.508 e. The van der Waals surface area contributed by atoms with Gasteiger partial charge in [0, 0.05) is 12.8 Å². The molecule has 17 heavy (non-hydrogen) atoms. The van der Waals surface area contributed by atoms with Crippen LogP contribution < -0.4 is 0 Å². The van der Waals surface area contributed by atoms with E-state index in [1.54, 1.807) is 6.07 Å².